The Morgan fingerprint density at radius 2 is 1.57 bits per heavy atom. The highest BCUT2D eigenvalue weighted by Gasteiger charge is 2.62. The fourth-order valence-electron chi connectivity index (χ4n) is 11.0. The van der Waals surface area contributed by atoms with Crippen LogP contribution in [0.25, 0.3) is 0 Å². The number of aliphatic hydroxyl groups is 1. The first-order valence-corrected chi connectivity index (χ1v) is 29.6. The average molecular weight is 841 g/mol. The Balaban J connectivity index is 1.25. The lowest BCUT2D eigenvalue weighted by Crippen LogP contribution is -2.49. The average Bonchev–Trinajstić information content (AvgIpc) is 3.62. The summed E-state index contributed by atoms with van der Waals surface area (Å²) in [6.45, 7) is 36.4. The molecule has 0 aromatic rings. The molecule has 0 spiro atoms. The van der Waals surface area contributed by atoms with Gasteiger partial charge < -0.3 is 23.4 Å². The van der Waals surface area contributed by atoms with Crippen LogP contribution in [0.5, 0.6) is 0 Å². The molecule has 4 aliphatic carbocycles. The van der Waals surface area contributed by atoms with Crippen molar-refractivity contribution >= 4 is 22.4 Å². The molecule has 1 unspecified atom stereocenters. The zero-order valence-electron chi connectivity index (χ0n) is 39.7. The number of carbonyl (C=O) groups is 1. The highest BCUT2D eigenvalue weighted by Crippen LogP contribution is 2.63. The number of carbonyl (C=O) groups excluding carboxylic acids is 1. The fraction of sp³-hybridized carbons (Fsp3) is 0.860. The highest BCUT2D eigenvalue weighted by atomic mass is 28.4. The van der Waals surface area contributed by atoms with Gasteiger partial charge in [0.15, 0.2) is 22.4 Å². The largest absolute Gasteiger partial charge is 0.413 e. The van der Waals surface area contributed by atoms with E-state index in [-0.39, 0.29) is 51.2 Å². The molecule has 0 radical (unpaired) electrons. The molecule has 8 heteroatoms. The first-order chi connectivity index (χ1) is 26.9. The summed E-state index contributed by atoms with van der Waals surface area (Å²) in [7, 11) is -4.02. The van der Waals surface area contributed by atoms with Crippen LogP contribution in [0.4, 0.5) is 0 Å². The number of aliphatic hydroxyl groups excluding tert-OH is 1. The number of ketones is 1. The van der Waals surface area contributed by atoms with Crippen molar-refractivity contribution in [2.45, 2.75) is 232 Å². The molecule has 6 nitrogen and oxygen atoms in total. The Hall–Kier alpha value is -0.876. The van der Waals surface area contributed by atoms with Crippen molar-refractivity contribution in [3.8, 4) is 0 Å². The number of hydrogen-bond acceptors (Lipinski definition) is 6. The minimum atomic E-state index is -2.04. The van der Waals surface area contributed by atoms with E-state index in [0.29, 0.717) is 31.5 Å². The first kappa shape index (κ1) is 48.2. The maximum absolute atomic E-state index is 13.6. The van der Waals surface area contributed by atoms with Crippen LogP contribution in [-0.2, 0) is 23.1 Å². The number of Topliss-reactive ketones (excluding diaryl/α,β-unsaturated/α-hetero) is 1. The van der Waals surface area contributed by atoms with Gasteiger partial charge in [-0.3, -0.25) is 4.79 Å². The Morgan fingerprint density at radius 1 is 0.931 bits per heavy atom. The van der Waals surface area contributed by atoms with Gasteiger partial charge in [0.05, 0.1) is 31.5 Å². The topological polar surface area (TPSA) is 74.2 Å². The molecule has 0 aromatic carbocycles. The van der Waals surface area contributed by atoms with Gasteiger partial charge in [0.1, 0.15) is 5.78 Å². The first-order valence-electron chi connectivity index (χ1n) is 23.8. The Kier molecular flexibility index (Phi) is 15.3. The molecule has 0 amide bonds. The van der Waals surface area contributed by atoms with Gasteiger partial charge in [0.2, 0.25) is 0 Å². The lowest BCUT2D eigenvalue weighted by molar-refractivity contribution is -0.213. The van der Waals surface area contributed by atoms with Crippen molar-refractivity contribution in [1.29, 1.82) is 0 Å². The van der Waals surface area contributed by atoms with Gasteiger partial charge in [-0.1, -0.05) is 106 Å². The second kappa shape index (κ2) is 18.5. The maximum Gasteiger partial charge on any atom is 0.192 e. The smallest absolute Gasteiger partial charge is 0.192 e. The van der Waals surface area contributed by atoms with Crippen LogP contribution in [0.2, 0.25) is 36.3 Å². The zero-order valence-corrected chi connectivity index (χ0v) is 41.7. The monoisotopic (exact) mass is 841 g/mol. The highest BCUT2D eigenvalue weighted by molar-refractivity contribution is 6.74. The van der Waals surface area contributed by atoms with E-state index in [0.717, 1.165) is 69.8 Å². The molecule has 332 valence electrons. The van der Waals surface area contributed by atoms with Crippen molar-refractivity contribution in [3.63, 3.8) is 0 Å². The summed E-state index contributed by atoms with van der Waals surface area (Å²) in [5.74, 6) is 0.663. The Bertz CT molecular complexity index is 1490. The quantitative estimate of drug-likeness (QED) is 0.109. The van der Waals surface area contributed by atoms with Crippen molar-refractivity contribution < 1.29 is 28.2 Å². The zero-order chi connectivity index (χ0) is 43.0. The van der Waals surface area contributed by atoms with E-state index in [1.165, 1.54) is 37.7 Å². The van der Waals surface area contributed by atoms with Gasteiger partial charge in [-0.2, -0.15) is 0 Å². The molecule has 58 heavy (non-hydrogen) atoms. The van der Waals surface area contributed by atoms with Crippen LogP contribution in [0.3, 0.4) is 0 Å². The van der Waals surface area contributed by atoms with Crippen molar-refractivity contribution in [2.24, 2.45) is 28.6 Å². The molecule has 5 rings (SSSR count). The molecule has 0 aromatic heterocycles. The normalized spacial score (nSPS) is 31.4. The minimum absolute atomic E-state index is 0.0255. The van der Waals surface area contributed by atoms with Gasteiger partial charge in [0, 0.05) is 31.1 Å². The van der Waals surface area contributed by atoms with Gasteiger partial charge in [0.25, 0.3) is 0 Å². The summed E-state index contributed by atoms with van der Waals surface area (Å²) in [4.78, 5) is 13.6. The van der Waals surface area contributed by atoms with Crippen LogP contribution in [-0.4, -0.2) is 64.8 Å². The second-order valence-electron chi connectivity index (χ2n) is 23.1. The summed E-state index contributed by atoms with van der Waals surface area (Å²) >= 11 is 0. The summed E-state index contributed by atoms with van der Waals surface area (Å²) in [6.07, 6.45) is 21.3. The van der Waals surface area contributed by atoms with Crippen molar-refractivity contribution in [3.05, 3.63) is 35.5 Å². The van der Waals surface area contributed by atoms with Gasteiger partial charge in [-0.05, 0) is 135 Å². The summed E-state index contributed by atoms with van der Waals surface area (Å²) in [6, 6.07) is 0. The summed E-state index contributed by atoms with van der Waals surface area (Å²) in [5.41, 5.74) is 4.07. The van der Waals surface area contributed by atoms with E-state index < -0.39 is 28.5 Å². The predicted octanol–water partition coefficient (Wildman–Crippen LogP) is 13.4. The van der Waals surface area contributed by atoms with Gasteiger partial charge in [-0.15, -0.1) is 0 Å². The van der Waals surface area contributed by atoms with Crippen LogP contribution in [0.1, 0.15) is 171 Å². The number of allylic oxidation sites excluding steroid dienone is 3. The van der Waals surface area contributed by atoms with Crippen molar-refractivity contribution in [2.75, 3.05) is 13.2 Å². The third-order valence-corrected chi connectivity index (χ3v) is 26.1. The molecule has 1 heterocycles. The third kappa shape index (κ3) is 10.5. The Morgan fingerprint density at radius 3 is 2.17 bits per heavy atom. The van der Waals surface area contributed by atoms with Crippen LogP contribution in [0.15, 0.2) is 35.5 Å². The number of unbranched alkanes of at least 4 members (excludes halogenated alkanes) is 3. The lowest BCUT2D eigenvalue weighted by Gasteiger charge is -2.46. The molecular formula is C50H88O6Si2. The molecule has 5 fully saturated rings. The number of ether oxygens (including phenoxy) is 2. The van der Waals surface area contributed by atoms with Crippen molar-refractivity contribution in [1.82, 2.24) is 0 Å². The molecule has 5 aliphatic rings. The van der Waals surface area contributed by atoms with Gasteiger partial charge >= 0.3 is 0 Å². The number of hydrogen-bond donors (Lipinski definition) is 1. The van der Waals surface area contributed by atoms with E-state index in [1.54, 1.807) is 5.57 Å². The van der Waals surface area contributed by atoms with Crippen LogP contribution in [0, 0.1) is 28.6 Å². The maximum atomic E-state index is 13.6. The van der Waals surface area contributed by atoms with E-state index >= 15 is 0 Å². The molecular weight excluding hydrogens is 753 g/mol. The predicted molar refractivity (Wildman–Crippen MR) is 246 cm³/mol. The van der Waals surface area contributed by atoms with Gasteiger partial charge in [-0.25, -0.2) is 0 Å². The summed E-state index contributed by atoms with van der Waals surface area (Å²) in [5, 5.41) is 11.9. The molecule has 1 aliphatic heterocycles. The molecule has 0 bridgehead atoms. The number of fused-ring (bicyclic) bond motifs is 1. The molecule has 1 saturated heterocycles. The fourth-order valence-corrected chi connectivity index (χ4v) is 13.7. The third-order valence-electron chi connectivity index (χ3n) is 17.1. The lowest BCUT2D eigenvalue weighted by atomic mass is 9.60. The minimum Gasteiger partial charge on any atom is -0.413 e. The molecule has 4 saturated carbocycles. The number of rotatable bonds is 18. The van der Waals surface area contributed by atoms with Crippen LogP contribution >= 0.6 is 0 Å². The van der Waals surface area contributed by atoms with E-state index in [2.05, 4.69) is 101 Å². The molecule has 7 atom stereocenters. The van der Waals surface area contributed by atoms with E-state index in [9.17, 15) is 9.90 Å². The standard InChI is InChI=1S/C50H88O6Si2/c1-15-16-17-18-27-50(53-31-32-54-50)49(29-30-49)28-25-40(51)34-44(52)37(3)42-23-24-43-38(20-19-26-48(42,43)10)21-22-39-33-41(55-57(11,12)46(4,5)6)35-45(36(39)2)56-58(13,14)47(7,8)9/h21-22,37,41-45,52H,2,15-20,23-35H2,1,3-14H3/b38-21+,39-22-/t37-,41+,42+,43-,44?,45-,48+/m0/s1. The second-order valence-corrected chi connectivity index (χ2v) is 32.6. The van der Waals surface area contributed by atoms with Crippen LogP contribution < -0.4 is 0 Å². The van der Waals surface area contributed by atoms with E-state index in [1.807, 2.05) is 0 Å². The van der Waals surface area contributed by atoms with E-state index in [4.69, 9.17) is 24.9 Å². The summed E-state index contributed by atoms with van der Waals surface area (Å²) < 4.78 is 27.0. The SMILES string of the molecule is C=C1/C(=C\C=C2/CCC[C@]3(C)[C@@H]([C@H](C)C(O)CC(=O)CCC4(C5(CCCCCC)OCCO5)CC4)CC[C@@H]23)C[C@@H](O[Si](C)(C)C(C)(C)C)C[C@@H]1O[Si](C)(C)C(C)(C)C. The Labute approximate surface area is 358 Å². The molecule has 1 N–H and O–H groups in total.